The number of hydrogen-bond acceptors (Lipinski definition) is 3. The van der Waals surface area contributed by atoms with E-state index in [1.54, 1.807) is 36.4 Å². The van der Waals surface area contributed by atoms with Gasteiger partial charge in [-0.1, -0.05) is 54.1 Å². The molecule has 2 N–H and O–H groups in total. The van der Waals surface area contributed by atoms with Crippen molar-refractivity contribution in [2.45, 2.75) is 6.29 Å². The van der Waals surface area contributed by atoms with Crippen LogP contribution in [0.1, 0.15) is 11.9 Å². The van der Waals surface area contributed by atoms with Crippen LogP contribution in [-0.2, 0) is 4.74 Å². The van der Waals surface area contributed by atoms with Crippen molar-refractivity contribution in [3.63, 3.8) is 0 Å². The van der Waals surface area contributed by atoms with Crippen molar-refractivity contribution >= 4 is 17.7 Å². The SMILES string of the molecule is NC(=O)OC(Oc1ccccc1Cl)c1ccccc1. The van der Waals surface area contributed by atoms with Crippen LogP contribution >= 0.6 is 11.6 Å². The van der Waals surface area contributed by atoms with Gasteiger partial charge in [-0.15, -0.1) is 0 Å². The summed E-state index contributed by atoms with van der Waals surface area (Å²) in [5.74, 6) is 0.416. The van der Waals surface area contributed by atoms with Crippen LogP contribution in [-0.4, -0.2) is 6.09 Å². The standard InChI is InChI=1S/C14H12ClNO3/c15-11-8-4-5-9-12(11)18-13(19-14(16)17)10-6-2-1-3-7-10/h1-9,13H,(H2,16,17). The Labute approximate surface area is 115 Å². The number of ether oxygens (including phenoxy) is 2. The number of halogens is 1. The normalized spacial score (nSPS) is 11.6. The Bertz CT molecular complexity index is 560. The molecule has 0 aliphatic heterocycles. The van der Waals surface area contributed by atoms with Gasteiger partial charge < -0.3 is 15.2 Å². The van der Waals surface area contributed by atoms with Crippen molar-refractivity contribution < 1.29 is 14.3 Å². The Morgan fingerprint density at radius 3 is 2.32 bits per heavy atom. The van der Waals surface area contributed by atoms with Crippen molar-refractivity contribution in [1.82, 2.24) is 0 Å². The molecule has 2 aromatic rings. The molecule has 0 fully saturated rings. The van der Waals surface area contributed by atoms with Gasteiger partial charge in [-0.2, -0.15) is 0 Å². The summed E-state index contributed by atoms with van der Waals surface area (Å²) in [6.45, 7) is 0. The second-order valence-corrected chi connectivity index (χ2v) is 4.13. The molecule has 0 spiro atoms. The minimum atomic E-state index is -0.932. The lowest BCUT2D eigenvalue weighted by molar-refractivity contribution is -0.0307. The molecule has 0 bridgehead atoms. The highest BCUT2D eigenvalue weighted by atomic mass is 35.5. The Kier molecular flexibility index (Phi) is 4.26. The Balaban J connectivity index is 2.24. The summed E-state index contributed by atoms with van der Waals surface area (Å²) in [7, 11) is 0. The zero-order valence-corrected chi connectivity index (χ0v) is 10.7. The quantitative estimate of drug-likeness (QED) is 0.870. The smallest absolute Gasteiger partial charge is 0.407 e. The number of amides is 1. The van der Waals surface area contributed by atoms with Crippen LogP contribution < -0.4 is 10.5 Å². The van der Waals surface area contributed by atoms with Crippen LogP contribution in [0.4, 0.5) is 4.79 Å². The molecule has 5 heteroatoms. The molecule has 1 unspecified atom stereocenters. The van der Waals surface area contributed by atoms with Gasteiger partial charge in [0.1, 0.15) is 5.75 Å². The summed E-state index contributed by atoms with van der Waals surface area (Å²) in [5.41, 5.74) is 5.72. The first kappa shape index (κ1) is 13.2. The number of nitrogens with two attached hydrogens (primary N) is 1. The van der Waals surface area contributed by atoms with Gasteiger partial charge in [0, 0.05) is 5.56 Å². The van der Waals surface area contributed by atoms with Gasteiger partial charge in [0.05, 0.1) is 5.02 Å². The largest absolute Gasteiger partial charge is 0.449 e. The van der Waals surface area contributed by atoms with Gasteiger partial charge in [0.25, 0.3) is 6.29 Å². The fourth-order valence-corrected chi connectivity index (χ4v) is 1.71. The molecule has 2 rings (SSSR count). The van der Waals surface area contributed by atoms with Gasteiger partial charge >= 0.3 is 6.09 Å². The van der Waals surface area contributed by atoms with Crippen LogP contribution in [0.5, 0.6) is 5.75 Å². The third kappa shape index (κ3) is 3.63. The van der Waals surface area contributed by atoms with Crippen LogP contribution in [0.25, 0.3) is 0 Å². The van der Waals surface area contributed by atoms with Crippen LogP contribution in [0, 0.1) is 0 Å². The first-order chi connectivity index (χ1) is 9.16. The molecule has 0 saturated heterocycles. The van der Waals surface area contributed by atoms with E-state index in [4.69, 9.17) is 26.8 Å². The van der Waals surface area contributed by atoms with Gasteiger partial charge in [0.15, 0.2) is 0 Å². The zero-order valence-electron chi connectivity index (χ0n) is 9.95. The van der Waals surface area contributed by atoms with Gasteiger partial charge in [0.2, 0.25) is 0 Å². The third-order valence-electron chi connectivity index (χ3n) is 2.37. The van der Waals surface area contributed by atoms with E-state index in [9.17, 15) is 4.79 Å². The number of para-hydroxylation sites is 1. The lowest BCUT2D eigenvalue weighted by Crippen LogP contribution is -2.21. The van der Waals surface area contributed by atoms with Gasteiger partial charge in [-0.25, -0.2) is 4.79 Å². The summed E-state index contributed by atoms with van der Waals surface area (Å²) in [5, 5.41) is 0.427. The van der Waals surface area contributed by atoms with Crippen molar-refractivity contribution in [3.05, 3.63) is 65.2 Å². The van der Waals surface area contributed by atoms with E-state index in [0.29, 0.717) is 16.3 Å². The minimum Gasteiger partial charge on any atom is -0.449 e. The average Bonchev–Trinajstić information content (AvgIpc) is 2.41. The number of benzene rings is 2. The summed E-state index contributed by atoms with van der Waals surface area (Å²) in [6, 6.07) is 15.9. The molecule has 1 amide bonds. The maximum Gasteiger partial charge on any atom is 0.407 e. The van der Waals surface area contributed by atoms with Crippen LogP contribution in [0.3, 0.4) is 0 Å². The molecule has 1 atom stereocenters. The highest BCUT2D eigenvalue weighted by Gasteiger charge is 2.17. The molecule has 0 saturated carbocycles. The number of rotatable bonds is 4. The van der Waals surface area contributed by atoms with Crippen LogP contribution in [0.2, 0.25) is 5.02 Å². The summed E-state index contributed by atoms with van der Waals surface area (Å²) < 4.78 is 10.5. The van der Waals surface area contributed by atoms with E-state index in [0.717, 1.165) is 0 Å². The number of carbonyl (C=O) groups excluding carboxylic acids is 1. The summed E-state index contributed by atoms with van der Waals surface area (Å²) >= 11 is 6.00. The van der Waals surface area contributed by atoms with Crippen molar-refractivity contribution in [3.8, 4) is 5.75 Å². The highest BCUT2D eigenvalue weighted by Crippen LogP contribution is 2.29. The maximum atomic E-state index is 10.9. The van der Waals surface area contributed by atoms with Crippen LogP contribution in [0.15, 0.2) is 54.6 Å². The molecule has 4 nitrogen and oxygen atoms in total. The lowest BCUT2D eigenvalue weighted by Gasteiger charge is -2.19. The number of primary amides is 1. The molecule has 0 aliphatic carbocycles. The maximum absolute atomic E-state index is 10.9. The lowest BCUT2D eigenvalue weighted by atomic mass is 10.2. The highest BCUT2D eigenvalue weighted by molar-refractivity contribution is 6.32. The topological polar surface area (TPSA) is 61.6 Å². The average molecular weight is 278 g/mol. The summed E-state index contributed by atoms with van der Waals surface area (Å²) in [6.07, 6.45) is -1.85. The van der Waals surface area contributed by atoms with Gasteiger partial charge in [-0.3, -0.25) is 0 Å². The molecule has 98 valence electrons. The van der Waals surface area contributed by atoms with E-state index in [-0.39, 0.29) is 0 Å². The molecule has 19 heavy (non-hydrogen) atoms. The molecule has 0 aliphatic rings. The Hall–Kier alpha value is -2.20. The molecule has 0 heterocycles. The predicted octanol–water partition coefficient (Wildman–Crippen LogP) is 3.51. The number of carbonyl (C=O) groups is 1. The van der Waals surface area contributed by atoms with Crippen molar-refractivity contribution in [2.75, 3.05) is 0 Å². The van der Waals surface area contributed by atoms with Crippen molar-refractivity contribution in [1.29, 1.82) is 0 Å². The molecule has 0 aromatic heterocycles. The summed E-state index contributed by atoms with van der Waals surface area (Å²) in [4.78, 5) is 10.9. The molecule has 0 radical (unpaired) electrons. The van der Waals surface area contributed by atoms with E-state index >= 15 is 0 Å². The van der Waals surface area contributed by atoms with E-state index in [1.165, 1.54) is 0 Å². The first-order valence-electron chi connectivity index (χ1n) is 5.59. The molecular weight excluding hydrogens is 266 g/mol. The second kappa shape index (κ2) is 6.11. The first-order valence-corrected chi connectivity index (χ1v) is 5.97. The van der Waals surface area contributed by atoms with E-state index in [2.05, 4.69) is 0 Å². The number of hydrogen-bond donors (Lipinski definition) is 1. The third-order valence-corrected chi connectivity index (χ3v) is 2.68. The Morgan fingerprint density at radius 1 is 1.05 bits per heavy atom. The zero-order chi connectivity index (χ0) is 13.7. The van der Waals surface area contributed by atoms with Crippen molar-refractivity contribution in [2.24, 2.45) is 5.73 Å². The molecule has 2 aromatic carbocycles. The minimum absolute atomic E-state index is 0.416. The second-order valence-electron chi connectivity index (χ2n) is 3.73. The molecular formula is C14H12ClNO3. The van der Waals surface area contributed by atoms with Gasteiger partial charge in [-0.05, 0) is 12.1 Å². The van der Waals surface area contributed by atoms with E-state index in [1.807, 2.05) is 18.2 Å². The fourth-order valence-electron chi connectivity index (χ4n) is 1.53. The fraction of sp³-hybridized carbons (Fsp3) is 0.0714. The van der Waals surface area contributed by atoms with E-state index < -0.39 is 12.4 Å². The Morgan fingerprint density at radius 2 is 1.68 bits per heavy atom. The monoisotopic (exact) mass is 277 g/mol. The predicted molar refractivity (Wildman–Crippen MR) is 71.9 cm³/mol.